The fourth-order valence-electron chi connectivity index (χ4n) is 5.20. The molecule has 3 atom stereocenters. The molecule has 5 nitrogen and oxygen atoms in total. The molecule has 0 fully saturated rings. The van der Waals surface area contributed by atoms with E-state index < -0.39 is 18.2 Å². The number of aliphatic hydroxyl groups is 3. The molecule has 246 valence electrons. The molecule has 0 aliphatic carbocycles. The summed E-state index contributed by atoms with van der Waals surface area (Å²) in [5, 5.41) is 32.9. The van der Waals surface area contributed by atoms with Crippen molar-refractivity contribution >= 4 is 5.91 Å². The fourth-order valence-corrected chi connectivity index (χ4v) is 5.20. The van der Waals surface area contributed by atoms with Crippen LogP contribution in [0, 0.1) is 0 Å². The van der Waals surface area contributed by atoms with Gasteiger partial charge in [-0.1, -0.05) is 159 Å². The Morgan fingerprint density at radius 2 is 1.05 bits per heavy atom. The lowest BCUT2D eigenvalue weighted by Gasteiger charge is -2.21. The Kier molecular flexibility index (Phi) is 31.4. The number of carbonyl (C=O) groups excluding carboxylic acids is 1. The summed E-state index contributed by atoms with van der Waals surface area (Å²) in [5.74, 6) is -0.332. The van der Waals surface area contributed by atoms with E-state index in [2.05, 4.69) is 43.5 Å². The normalized spacial score (nSPS) is 14.3. The number of nitrogens with one attached hydrogen (secondary N) is 1. The Morgan fingerprint density at radius 3 is 1.50 bits per heavy atom. The lowest BCUT2D eigenvalue weighted by atomic mass is 10.0. The number of aliphatic hydroxyl groups excluding tert-OH is 3. The topological polar surface area (TPSA) is 89.8 Å². The highest BCUT2D eigenvalue weighted by Gasteiger charge is 2.20. The van der Waals surface area contributed by atoms with Gasteiger partial charge in [-0.2, -0.15) is 0 Å². The maximum atomic E-state index is 12.3. The monoisotopic (exact) mass is 592 g/mol. The smallest absolute Gasteiger partial charge is 0.222 e. The Labute approximate surface area is 260 Å². The van der Waals surface area contributed by atoms with E-state index in [9.17, 15) is 20.1 Å². The number of hydrogen-bond donors (Lipinski definition) is 4. The first-order chi connectivity index (χ1) is 20.5. The Morgan fingerprint density at radius 1 is 0.619 bits per heavy atom. The van der Waals surface area contributed by atoms with Crippen LogP contribution in [0.25, 0.3) is 0 Å². The highest BCUT2D eigenvalue weighted by atomic mass is 16.3. The van der Waals surface area contributed by atoms with Crippen LogP contribution in [-0.4, -0.2) is 46.1 Å². The highest BCUT2D eigenvalue weighted by Crippen LogP contribution is 2.15. The van der Waals surface area contributed by atoms with Crippen LogP contribution in [0.1, 0.15) is 168 Å². The molecule has 4 N–H and O–H groups in total. The summed E-state index contributed by atoms with van der Waals surface area (Å²) in [6, 6.07) is -0.762. The van der Waals surface area contributed by atoms with Crippen molar-refractivity contribution in [3.63, 3.8) is 0 Å². The Bertz CT molecular complexity index is 660. The molecule has 0 spiro atoms. The van der Waals surface area contributed by atoms with E-state index in [-0.39, 0.29) is 18.9 Å². The van der Waals surface area contributed by atoms with Gasteiger partial charge in [-0.25, -0.2) is 0 Å². The summed E-state index contributed by atoms with van der Waals surface area (Å²) in [5.41, 5.74) is 0. The van der Waals surface area contributed by atoms with Crippen molar-refractivity contribution in [2.24, 2.45) is 0 Å². The van der Waals surface area contributed by atoms with Gasteiger partial charge >= 0.3 is 0 Å². The molecule has 0 aromatic rings. The molecular formula is C37H69NO4. The van der Waals surface area contributed by atoms with Gasteiger partial charge in [0.1, 0.15) is 0 Å². The van der Waals surface area contributed by atoms with Crippen molar-refractivity contribution in [2.45, 2.75) is 186 Å². The number of rotatable bonds is 31. The van der Waals surface area contributed by atoms with Crippen LogP contribution in [0.4, 0.5) is 0 Å². The van der Waals surface area contributed by atoms with E-state index in [1.807, 2.05) is 6.08 Å². The van der Waals surface area contributed by atoms with Gasteiger partial charge in [0, 0.05) is 0 Å². The first kappa shape index (κ1) is 40.6. The third kappa shape index (κ3) is 28.7. The third-order valence-corrected chi connectivity index (χ3v) is 7.92. The second kappa shape index (κ2) is 32.5. The summed E-state index contributed by atoms with van der Waals surface area (Å²) in [7, 11) is 0. The van der Waals surface area contributed by atoms with Gasteiger partial charge in [-0.15, -0.1) is 0 Å². The molecule has 0 saturated carbocycles. The molecule has 0 saturated heterocycles. The Hall–Kier alpha value is -1.43. The zero-order chi connectivity index (χ0) is 30.9. The van der Waals surface area contributed by atoms with Crippen molar-refractivity contribution in [1.82, 2.24) is 5.32 Å². The molecule has 0 aliphatic rings. The lowest BCUT2D eigenvalue weighted by Crippen LogP contribution is -2.45. The van der Waals surface area contributed by atoms with Crippen molar-refractivity contribution in [2.75, 3.05) is 6.61 Å². The van der Waals surface area contributed by atoms with Crippen molar-refractivity contribution in [1.29, 1.82) is 0 Å². The lowest BCUT2D eigenvalue weighted by molar-refractivity contribution is -0.124. The maximum Gasteiger partial charge on any atom is 0.222 e. The number of carbonyl (C=O) groups is 1. The average molecular weight is 592 g/mol. The van der Waals surface area contributed by atoms with Gasteiger partial charge in [-0.3, -0.25) is 4.79 Å². The van der Waals surface area contributed by atoms with Crippen LogP contribution in [-0.2, 0) is 4.79 Å². The number of hydrogen-bond acceptors (Lipinski definition) is 4. The zero-order valence-electron chi connectivity index (χ0n) is 27.6. The first-order valence-corrected chi connectivity index (χ1v) is 17.8. The quantitative estimate of drug-likeness (QED) is 0.0478. The molecule has 1 amide bonds. The van der Waals surface area contributed by atoms with Crippen LogP contribution < -0.4 is 5.32 Å². The van der Waals surface area contributed by atoms with Gasteiger partial charge in [0.2, 0.25) is 5.91 Å². The van der Waals surface area contributed by atoms with Crippen LogP contribution in [0.2, 0.25) is 0 Å². The van der Waals surface area contributed by atoms with Gasteiger partial charge in [0.05, 0.1) is 31.3 Å². The zero-order valence-corrected chi connectivity index (χ0v) is 27.6. The molecular weight excluding hydrogens is 522 g/mol. The molecule has 0 aromatic carbocycles. The molecule has 0 heterocycles. The second-order valence-corrected chi connectivity index (χ2v) is 12.1. The SMILES string of the molecule is CC/C=C/CC/C=C/CC/C=C/C(O)C(CO)NC(=O)CC(O)CCCCCCCCCCCCCCCCCCC. The minimum absolute atomic E-state index is 0.00400. The minimum Gasteiger partial charge on any atom is -0.394 e. The van der Waals surface area contributed by atoms with Crippen LogP contribution >= 0.6 is 0 Å². The predicted molar refractivity (Wildman–Crippen MR) is 181 cm³/mol. The fraction of sp³-hybridized carbons (Fsp3) is 0.811. The summed E-state index contributed by atoms with van der Waals surface area (Å²) in [4.78, 5) is 12.3. The predicted octanol–water partition coefficient (Wildman–Crippen LogP) is 9.26. The van der Waals surface area contributed by atoms with E-state index >= 15 is 0 Å². The summed E-state index contributed by atoms with van der Waals surface area (Å²) in [6.07, 6.45) is 38.5. The van der Waals surface area contributed by atoms with E-state index in [1.54, 1.807) is 6.08 Å². The third-order valence-electron chi connectivity index (χ3n) is 7.92. The molecule has 5 heteroatoms. The summed E-state index contributed by atoms with van der Waals surface area (Å²) in [6.45, 7) is 4.06. The molecule has 3 unspecified atom stereocenters. The molecule has 0 rings (SSSR count). The van der Waals surface area contributed by atoms with Crippen molar-refractivity contribution < 1.29 is 20.1 Å². The van der Waals surface area contributed by atoms with E-state index in [0.717, 1.165) is 44.9 Å². The molecule has 0 radical (unpaired) electrons. The summed E-state index contributed by atoms with van der Waals surface area (Å²) < 4.78 is 0. The standard InChI is InChI=1S/C37H69NO4/c1-3-5-7-9-11-13-15-16-17-18-19-20-21-22-24-26-28-30-34(40)32-37(42)38-35(33-39)36(41)31-29-27-25-23-14-12-10-8-6-4-2/h6,8,14,23,29,31,34-36,39-41H,3-5,7,9-13,15-22,24-28,30,32-33H2,1-2H3,(H,38,42)/b8-6+,23-14+,31-29+. The van der Waals surface area contributed by atoms with E-state index in [4.69, 9.17) is 0 Å². The number of allylic oxidation sites excluding steroid dienone is 5. The number of amides is 1. The van der Waals surface area contributed by atoms with Crippen LogP contribution in [0.5, 0.6) is 0 Å². The molecule has 0 bridgehead atoms. The van der Waals surface area contributed by atoms with Gasteiger partial charge in [-0.05, 0) is 38.5 Å². The Balaban J connectivity index is 3.72. The average Bonchev–Trinajstić information content (AvgIpc) is 2.98. The number of unbranched alkanes of at least 4 members (excludes halogenated alkanes) is 18. The van der Waals surface area contributed by atoms with Crippen LogP contribution in [0.3, 0.4) is 0 Å². The van der Waals surface area contributed by atoms with Gasteiger partial charge in [0.15, 0.2) is 0 Å². The molecule has 0 aliphatic heterocycles. The van der Waals surface area contributed by atoms with Gasteiger partial charge in [0.25, 0.3) is 0 Å². The van der Waals surface area contributed by atoms with E-state index in [0.29, 0.717) is 6.42 Å². The minimum atomic E-state index is -0.954. The molecule has 42 heavy (non-hydrogen) atoms. The second-order valence-electron chi connectivity index (χ2n) is 12.1. The molecule has 0 aromatic heterocycles. The summed E-state index contributed by atoms with van der Waals surface area (Å²) >= 11 is 0. The van der Waals surface area contributed by atoms with Crippen molar-refractivity contribution in [3.8, 4) is 0 Å². The van der Waals surface area contributed by atoms with Gasteiger partial charge < -0.3 is 20.6 Å². The van der Waals surface area contributed by atoms with Crippen molar-refractivity contribution in [3.05, 3.63) is 36.5 Å². The highest BCUT2D eigenvalue weighted by molar-refractivity contribution is 5.76. The largest absolute Gasteiger partial charge is 0.394 e. The van der Waals surface area contributed by atoms with Crippen LogP contribution in [0.15, 0.2) is 36.5 Å². The van der Waals surface area contributed by atoms with E-state index in [1.165, 1.54) is 96.3 Å². The maximum absolute atomic E-state index is 12.3. The first-order valence-electron chi connectivity index (χ1n) is 17.8.